The van der Waals surface area contributed by atoms with Crippen molar-refractivity contribution in [1.82, 2.24) is 20.2 Å². The van der Waals surface area contributed by atoms with Gasteiger partial charge in [0.25, 0.3) is 0 Å². The fraction of sp³-hybridized carbons (Fsp3) is 0.417. The van der Waals surface area contributed by atoms with Gasteiger partial charge in [0.15, 0.2) is 15.7 Å². The molecule has 0 radical (unpaired) electrons. The lowest BCUT2D eigenvalue weighted by Gasteiger charge is -2.15. The van der Waals surface area contributed by atoms with Crippen LogP contribution in [0.1, 0.15) is 26.6 Å². The Morgan fingerprint density at radius 3 is 2.45 bits per heavy atom. The van der Waals surface area contributed by atoms with Crippen LogP contribution < -0.4 is 0 Å². The van der Waals surface area contributed by atoms with E-state index in [0.29, 0.717) is 4.47 Å². The molecule has 0 unspecified atom stereocenters. The van der Waals surface area contributed by atoms with Crippen LogP contribution in [0.2, 0.25) is 0 Å². The molecule has 0 spiro atoms. The highest BCUT2D eigenvalue weighted by Crippen LogP contribution is 2.24. The first-order valence-electron chi connectivity index (χ1n) is 5.97. The predicted octanol–water partition coefficient (Wildman–Crippen LogP) is 2.16. The first-order valence-corrected chi connectivity index (χ1v) is 8.41. The molecule has 0 bridgehead atoms. The van der Waals surface area contributed by atoms with Gasteiger partial charge in [-0.1, -0.05) is 12.1 Å². The summed E-state index contributed by atoms with van der Waals surface area (Å²) in [5.74, 6) is -0.0817. The highest BCUT2D eigenvalue weighted by Gasteiger charge is 2.23. The number of aromatic nitrogens is 4. The summed E-state index contributed by atoms with van der Waals surface area (Å²) in [6.07, 6.45) is 0. The van der Waals surface area contributed by atoms with Crippen LogP contribution in [0.4, 0.5) is 0 Å². The SMILES string of the molecule is CC(C)(C)n1nnc(CS(=O)(=O)c2ccccc2Br)n1. The number of benzene rings is 1. The van der Waals surface area contributed by atoms with E-state index in [2.05, 4.69) is 31.3 Å². The summed E-state index contributed by atoms with van der Waals surface area (Å²) in [4.78, 5) is 1.64. The third-order valence-electron chi connectivity index (χ3n) is 2.55. The van der Waals surface area contributed by atoms with Crippen molar-refractivity contribution >= 4 is 25.8 Å². The summed E-state index contributed by atoms with van der Waals surface area (Å²) in [5, 5.41) is 11.8. The maximum absolute atomic E-state index is 12.3. The molecular formula is C12H15BrN4O2S. The Hall–Kier alpha value is -1.28. The Kier molecular flexibility index (Phi) is 3.97. The van der Waals surface area contributed by atoms with Gasteiger partial charge in [-0.2, -0.15) is 4.80 Å². The Morgan fingerprint density at radius 2 is 1.90 bits per heavy atom. The molecule has 0 saturated carbocycles. The molecule has 20 heavy (non-hydrogen) atoms. The van der Waals surface area contributed by atoms with Gasteiger partial charge in [-0.15, -0.1) is 10.2 Å². The molecule has 0 aliphatic heterocycles. The molecule has 0 atom stereocenters. The molecule has 8 heteroatoms. The van der Waals surface area contributed by atoms with Crippen molar-refractivity contribution in [2.45, 2.75) is 37.0 Å². The fourth-order valence-electron chi connectivity index (χ4n) is 1.53. The summed E-state index contributed by atoms with van der Waals surface area (Å²) in [6.45, 7) is 5.75. The number of rotatable bonds is 3. The van der Waals surface area contributed by atoms with E-state index >= 15 is 0 Å². The van der Waals surface area contributed by atoms with E-state index in [9.17, 15) is 8.42 Å². The van der Waals surface area contributed by atoms with Crippen LogP contribution in [0, 0.1) is 0 Å². The minimum atomic E-state index is -3.50. The van der Waals surface area contributed by atoms with E-state index in [1.54, 1.807) is 24.3 Å². The van der Waals surface area contributed by atoms with Gasteiger partial charge in [-0.25, -0.2) is 8.42 Å². The quantitative estimate of drug-likeness (QED) is 0.839. The summed E-state index contributed by atoms with van der Waals surface area (Å²) < 4.78 is 25.2. The first-order chi connectivity index (χ1) is 9.20. The number of nitrogens with zero attached hydrogens (tertiary/aromatic N) is 4. The third kappa shape index (κ3) is 3.24. The lowest BCUT2D eigenvalue weighted by molar-refractivity contribution is 0.305. The van der Waals surface area contributed by atoms with Gasteiger partial charge in [0.05, 0.1) is 10.4 Å². The molecule has 2 rings (SSSR count). The van der Waals surface area contributed by atoms with Crippen molar-refractivity contribution in [2.75, 3.05) is 0 Å². The van der Waals surface area contributed by atoms with E-state index < -0.39 is 9.84 Å². The van der Waals surface area contributed by atoms with Crippen molar-refractivity contribution in [2.24, 2.45) is 0 Å². The molecule has 0 N–H and O–H groups in total. The van der Waals surface area contributed by atoms with Crippen molar-refractivity contribution < 1.29 is 8.42 Å². The number of hydrogen-bond donors (Lipinski definition) is 0. The van der Waals surface area contributed by atoms with Crippen LogP contribution in [0.15, 0.2) is 33.6 Å². The molecule has 6 nitrogen and oxygen atoms in total. The van der Waals surface area contributed by atoms with E-state index in [4.69, 9.17) is 0 Å². The lowest BCUT2D eigenvalue weighted by Crippen LogP contribution is -2.24. The standard InChI is InChI=1S/C12H15BrN4O2S/c1-12(2,3)17-15-11(14-16-17)8-20(18,19)10-7-5-4-6-9(10)13/h4-7H,8H2,1-3H3. The normalized spacial score (nSPS) is 12.6. The zero-order chi connectivity index (χ0) is 15.0. The lowest BCUT2D eigenvalue weighted by atomic mass is 10.1. The van der Waals surface area contributed by atoms with E-state index in [1.165, 1.54) is 4.80 Å². The minimum Gasteiger partial charge on any atom is -0.223 e. The molecule has 0 saturated heterocycles. The van der Waals surface area contributed by atoms with Gasteiger partial charge in [0, 0.05) is 4.47 Å². The van der Waals surface area contributed by atoms with Crippen LogP contribution in [0.25, 0.3) is 0 Å². The van der Waals surface area contributed by atoms with Crippen LogP contribution in [-0.4, -0.2) is 28.6 Å². The zero-order valence-corrected chi connectivity index (χ0v) is 13.8. The van der Waals surface area contributed by atoms with Gasteiger partial charge >= 0.3 is 0 Å². The average molecular weight is 359 g/mol. The highest BCUT2D eigenvalue weighted by atomic mass is 79.9. The second-order valence-corrected chi connectivity index (χ2v) is 8.17. The van der Waals surface area contributed by atoms with Gasteiger partial charge < -0.3 is 0 Å². The first kappa shape index (κ1) is 15.1. The number of tetrazole rings is 1. The fourth-order valence-corrected chi connectivity index (χ4v) is 3.82. The molecular weight excluding hydrogens is 344 g/mol. The second kappa shape index (κ2) is 5.25. The van der Waals surface area contributed by atoms with Crippen LogP contribution in [0.3, 0.4) is 0 Å². The van der Waals surface area contributed by atoms with E-state index in [1.807, 2.05) is 20.8 Å². The minimum absolute atomic E-state index is 0.190. The summed E-state index contributed by atoms with van der Waals surface area (Å²) in [5.41, 5.74) is -0.331. The number of sulfone groups is 1. The molecule has 108 valence electrons. The van der Waals surface area contributed by atoms with Gasteiger partial charge in [-0.05, 0) is 54.0 Å². The summed E-state index contributed by atoms with van der Waals surface area (Å²) >= 11 is 3.24. The maximum Gasteiger partial charge on any atom is 0.190 e. The van der Waals surface area contributed by atoms with Crippen LogP contribution in [0.5, 0.6) is 0 Å². The van der Waals surface area contributed by atoms with Gasteiger partial charge in [0.2, 0.25) is 0 Å². The topological polar surface area (TPSA) is 77.7 Å². The monoisotopic (exact) mass is 358 g/mol. The number of halogens is 1. The largest absolute Gasteiger partial charge is 0.223 e. The van der Waals surface area contributed by atoms with E-state index in [0.717, 1.165) is 0 Å². The molecule has 1 heterocycles. The van der Waals surface area contributed by atoms with Crippen molar-refractivity contribution in [1.29, 1.82) is 0 Å². The molecule has 0 aliphatic rings. The van der Waals surface area contributed by atoms with Crippen LogP contribution >= 0.6 is 15.9 Å². The van der Waals surface area contributed by atoms with Crippen molar-refractivity contribution in [3.63, 3.8) is 0 Å². The molecule has 1 aromatic carbocycles. The average Bonchev–Trinajstić information content (AvgIpc) is 2.76. The Morgan fingerprint density at radius 1 is 1.25 bits per heavy atom. The molecule has 0 amide bonds. The maximum atomic E-state index is 12.3. The smallest absolute Gasteiger partial charge is 0.190 e. The van der Waals surface area contributed by atoms with Crippen molar-refractivity contribution in [3.05, 3.63) is 34.6 Å². The predicted molar refractivity (Wildman–Crippen MR) is 77.8 cm³/mol. The van der Waals surface area contributed by atoms with Gasteiger partial charge in [0.1, 0.15) is 5.75 Å². The zero-order valence-electron chi connectivity index (χ0n) is 11.4. The Labute approximate surface area is 126 Å². The Bertz CT molecular complexity index is 719. The van der Waals surface area contributed by atoms with Gasteiger partial charge in [-0.3, -0.25) is 0 Å². The molecule has 2 aromatic rings. The van der Waals surface area contributed by atoms with E-state index in [-0.39, 0.29) is 22.0 Å². The summed E-state index contributed by atoms with van der Waals surface area (Å²) in [6, 6.07) is 6.67. The molecule has 0 aliphatic carbocycles. The second-order valence-electron chi connectivity index (χ2n) is 5.36. The number of hydrogen-bond acceptors (Lipinski definition) is 5. The molecule has 0 fully saturated rings. The third-order valence-corrected chi connectivity index (χ3v) is 5.16. The van der Waals surface area contributed by atoms with Crippen LogP contribution in [-0.2, 0) is 21.1 Å². The molecule has 1 aromatic heterocycles. The highest BCUT2D eigenvalue weighted by molar-refractivity contribution is 9.10. The summed E-state index contributed by atoms with van der Waals surface area (Å²) in [7, 11) is -3.50. The van der Waals surface area contributed by atoms with Crippen molar-refractivity contribution in [3.8, 4) is 0 Å². The Balaban J connectivity index is 2.30.